The van der Waals surface area contributed by atoms with Crippen molar-refractivity contribution in [3.05, 3.63) is 46.4 Å². The maximum Gasteiger partial charge on any atom is 0.275 e. The van der Waals surface area contributed by atoms with E-state index in [2.05, 4.69) is 26.3 Å². The van der Waals surface area contributed by atoms with Gasteiger partial charge in [0.25, 0.3) is 5.91 Å². The van der Waals surface area contributed by atoms with E-state index in [0.29, 0.717) is 27.9 Å². The SMILES string of the molecule is O=C(c1nn(-c2ccc(F)cc2)cc1Br)N1CCC2CCC(C1)N2. The number of carbonyl (C=O) groups is 1. The van der Waals surface area contributed by atoms with Crippen LogP contribution in [0.2, 0.25) is 0 Å². The van der Waals surface area contributed by atoms with Crippen LogP contribution >= 0.6 is 15.9 Å². The van der Waals surface area contributed by atoms with Gasteiger partial charge < -0.3 is 10.2 Å². The molecule has 2 bridgehead atoms. The van der Waals surface area contributed by atoms with Gasteiger partial charge in [-0.05, 0) is 59.5 Å². The van der Waals surface area contributed by atoms with Crippen LogP contribution in [0.1, 0.15) is 29.8 Å². The highest BCUT2D eigenvalue weighted by Gasteiger charge is 2.32. The number of amides is 1. The molecule has 7 heteroatoms. The summed E-state index contributed by atoms with van der Waals surface area (Å²) >= 11 is 3.44. The number of likely N-dealkylation sites (tertiary alicyclic amines) is 1. The van der Waals surface area contributed by atoms with Gasteiger partial charge in [0.15, 0.2) is 5.69 Å². The van der Waals surface area contributed by atoms with Crippen LogP contribution in [0.4, 0.5) is 4.39 Å². The summed E-state index contributed by atoms with van der Waals surface area (Å²) in [6, 6.07) is 6.95. The minimum Gasteiger partial charge on any atom is -0.336 e. The van der Waals surface area contributed by atoms with Gasteiger partial charge in [0.05, 0.1) is 10.2 Å². The van der Waals surface area contributed by atoms with Crippen molar-refractivity contribution < 1.29 is 9.18 Å². The van der Waals surface area contributed by atoms with Crippen molar-refractivity contribution in [3.63, 3.8) is 0 Å². The van der Waals surface area contributed by atoms with E-state index in [-0.39, 0.29) is 11.7 Å². The number of halogens is 2. The zero-order valence-corrected chi connectivity index (χ0v) is 14.7. The van der Waals surface area contributed by atoms with Gasteiger partial charge in [-0.1, -0.05) is 0 Å². The fraction of sp³-hybridized carbons (Fsp3) is 0.412. The van der Waals surface area contributed by atoms with E-state index in [1.165, 1.54) is 18.6 Å². The molecule has 0 spiro atoms. The quantitative estimate of drug-likeness (QED) is 0.854. The number of fused-ring (bicyclic) bond motifs is 2. The van der Waals surface area contributed by atoms with Gasteiger partial charge in [-0.2, -0.15) is 5.10 Å². The van der Waals surface area contributed by atoms with Crippen LogP contribution < -0.4 is 5.32 Å². The number of nitrogens with zero attached hydrogens (tertiary/aromatic N) is 3. The Hall–Kier alpha value is -1.73. The number of aromatic nitrogens is 2. The molecular formula is C17H18BrFN4O. The van der Waals surface area contributed by atoms with E-state index in [1.54, 1.807) is 23.0 Å². The molecule has 1 aromatic heterocycles. The summed E-state index contributed by atoms with van der Waals surface area (Å²) in [5.74, 6) is -0.356. The van der Waals surface area contributed by atoms with Crippen LogP contribution in [0.5, 0.6) is 0 Å². The van der Waals surface area contributed by atoms with Crippen LogP contribution in [0.25, 0.3) is 5.69 Å². The van der Waals surface area contributed by atoms with Gasteiger partial charge in [0, 0.05) is 31.4 Å². The Labute approximate surface area is 148 Å². The molecule has 0 aliphatic carbocycles. The predicted octanol–water partition coefficient (Wildman–Crippen LogP) is 2.74. The van der Waals surface area contributed by atoms with Crippen molar-refractivity contribution in [2.24, 2.45) is 0 Å². The van der Waals surface area contributed by atoms with E-state index in [0.717, 1.165) is 25.9 Å². The van der Waals surface area contributed by atoms with E-state index >= 15 is 0 Å². The second kappa shape index (κ2) is 6.29. The molecule has 0 saturated carbocycles. The fourth-order valence-corrected chi connectivity index (χ4v) is 3.94. The van der Waals surface area contributed by atoms with Crippen molar-refractivity contribution in [1.29, 1.82) is 0 Å². The summed E-state index contributed by atoms with van der Waals surface area (Å²) in [5, 5.41) is 7.99. The number of hydrogen-bond donors (Lipinski definition) is 1. The van der Waals surface area contributed by atoms with Gasteiger partial charge in [-0.15, -0.1) is 0 Å². The molecule has 2 aliphatic heterocycles. The molecule has 2 saturated heterocycles. The summed E-state index contributed by atoms with van der Waals surface area (Å²) in [7, 11) is 0. The maximum absolute atomic E-state index is 13.1. The van der Waals surface area contributed by atoms with E-state index < -0.39 is 0 Å². The molecule has 4 rings (SSSR count). The highest BCUT2D eigenvalue weighted by atomic mass is 79.9. The molecule has 24 heavy (non-hydrogen) atoms. The zero-order chi connectivity index (χ0) is 16.7. The molecule has 5 nitrogen and oxygen atoms in total. The molecule has 2 aliphatic rings. The molecule has 2 unspecified atom stereocenters. The van der Waals surface area contributed by atoms with Gasteiger partial charge >= 0.3 is 0 Å². The summed E-state index contributed by atoms with van der Waals surface area (Å²) < 4.78 is 15.3. The highest BCUT2D eigenvalue weighted by Crippen LogP contribution is 2.24. The first-order valence-corrected chi connectivity index (χ1v) is 8.96. The van der Waals surface area contributed by atoms with Crippen molar-refractivity contribution in [2.45, 2.75) is 31.3 Å². The van der Waals surface area contributed by atoms with Crippen LogP contribution in [0.15, 0.2) is 34.9 Å². The minimum atomic E-state index is -0.298. The van der Waals surface area contributed by atoms with Crippen LogP contribution in [0, 0.1) is 5.82 Å². The lowest BCUT2D eigenvalue weighted by atomic mass is 10.1. The first-order valence-electron chi connectivity index (χ1n) is 8.16. The van der Waals surface area contributed by atoms with Crippen molar-refractivity contribution in [2.75, 3.05) is 13.1 Å². The van der Waals surface area contributed by atoms with Gasteiger partial charge in [0.2, 0.25) is 0 Å². The number of carbonyl (C=O) groups excluding carboxylic acids is 1. The summed E-state index contributed by atoms with van der Waals surface area (Å²) in [6.45, 7) is 1.48. The summed E-state index contributed by atoms with van der Waals surface area (Å²) in [4.78, 5) is 14.8. The molecule has 2 atom stereocenters. The third-order valence-corrected chi connectivity index (χ3v) is 5.35. The first kappa shape index (κ1) is 15.8. The van der Waals surface area contributed by atoms with E-state index in [1.807, 2.05) is 4.90 Å². The predicted molar refractivity (Wildman–Crippen MR) is 91.7 cm³/mol. The molecule has 126 valence electrons. The Balaban J connectivity index is 1.57. The molecule has 0 radical (unpaired) electrons. The second-order valence-electron chi connectivity index (χ2n) is 6.42. The smallest absolute Gasteiger partial charge is 0.275 e. The lowest BCUT2D eigenvalue weighted by Gasteiger charge is -2.23. The van der Waals surface area contributed by atoms with E-state index in [4.69, 9.17) is 0 Å². The molecule has 1 aromatic carbocycles. The van der Waals surface area contributed by atoms with Crippen LogP contribution in [-0.2, 0) is 0 Å². The minimum absolute atomic E-state index is 0.0583. The lowest BCUT2D eigenvalue weighted by molar-refractivity contribution is 0.0741. The van der Waals surface area contributed by atoms with Crippen molar-refractivity contribution in [3.8, 4) is 5.69 Å². The highest BCUT2D eigenvalue weighted by molar-refractivity contribution is 9.10. The number of benzene rings is 1. The average molecular weight is 393 g/mol. The Kier molecular flexibility index (Phi) is 4.14. The monoisotopic (exact) mass is 392 g/mol. The number of rotatable bonds is 2. The standard InChI is InChI=1S/C17H18BrFN4O/c18-15-10-23(14-5-1-11(19)2-6-14)21-16(15)17(24)22-8-7-12-3-4-13(9-22)20-12/h1-2,5-6,10,12-13,20H,3-4,7-9H2. The van der Waals surface area contributed by atoms with E-state index in [9.17, 15) is 9.18 Å². The maximum atomic E-state index is 13.1. The van der Waals surface area contributed by atoms with Crippen molar-refractivity contribution in [1.82, 2.24) is 20.0 Å². The normalized spacial score (nSPS) is 23.3. The number of hydrogen-bond acceptors (Lipinski definition) is 3. The Morgan fingerprint density at radius 3 is 2.75 bits per heavy atom. The fourth-order valence-electron chi connectivity index (χ4n) is 3.50. The largest absolute Gasteiger partial charge is 0.336 e. The van der Waals surface area contributed by atoms with Gasteiger partial charge in [-0.25, -0.2) is 9.07 Å². The zero-order valence-electron chi connectivity index (χ0n) is 13.1. The van der Waals surface area contributed by atoms with Gasteiger partial charge in [-0.3, -0.25) is 4.79 Å². The average Bonchev–Trinajstić information content (AvgIpc) is 3.10. The van der Waals surface area contributed by atoms with Gasteiger partial charge in [0.1, 0.15) is 5.82 Å². The Bertz CT molecular complexity index is 760. The molecular weight excluding hydrogens is 375 g/mol. The first-order chi connectivity index (χ1) is 11.6. The molecule has 1 amide bonds. The van der Waals surface area contributed by atoms with Crippen LogP contribution in [-0.4, -0.2) is 45.8 Å². The Morgan fingerprint density at radius 1 is 1.21 bits per heavy atom. The third-order valence-electron chi connectivity index (χ3n) is 4.77. The molecule has 2 fully saturated rings. The second-order valence-corrected chi connectivity index (χ2v) is 7.28. The molecule has 2 aromatic rings. The van der Waals surface area contributed by atoms with Crippen LogP contribution in [0.3, 0.4) is 0 Å². The summed E-state index contributed by atoms with van der Waals surface area (Å²) in [5.41, 5.74) is 1.12. The molecule has 1 N–H and O–H groups in total. The Morgan fingerprint density at radius 2 is 1.96 bits per heavy atom. The summed E-state index contributed by atoms with van der Waals surface area (Å²) in [6.07, 6.45) is 5.05. The third kappa shape index (κ3) is 2.98. The van der Waals surface area contributed by atoms with Crippen molar-refractivity contribution >= 4 is 21.8 Å². The lowest BCUT2D eigenvalue weighted by Crippen LogP contribution is -2.39. The number of nitrogens with one attached hydrogen (secondary N) is 1. The molecule has 3 heterocycles. The topological polar surface area (TPSA) is 50.2 Å².